The highest BCUT2D eigenvalue weighted by Crippen LogP contribution is 2.27. The number of carbonyl (C=O) groups excluding carboxylic acids is 2. The third kappa shape index (κ3) is 6.11. The molecule has 8 nitrogen and oxygen atoms in total. The molecule has 1 aromatic heterocycles. The van der Waals surface area contributed by atoms with Crippen LogP contribution in [0.25, 0.3) is 0 Å². The zero-order chi connectivity index (χ0) is 21.3. The summed E-state index contributed by atoms with van der Waals surface area (Å²) in [6.07, 6.45) is 9.23. The fourth-order valence-electron chi connectivity index (χ4n) is 3.90. The number of nitrogens with one attached hydrogen (secondary N) is 2. The van der Waals surface area contributed by atoms with Gasteiger partial charge in [-0.3, -0.25) is 14.6 Å². The Kier molecular flexibility index (Phi) is 7.93. The molecule has 1 saturated carbocycles. The van der Waals surface area contributed by atoms with Crippen molar-refractivity contribution in [1.29, 1.82) is 0 Å². The molecule has 0 aliphatic heterocycles. The molecule has 1 aliphatic rings. The van der Waals surface area contributed by atoms with E-state index < -0.39 is 30.9 Å². The van der Waals surface area contributed by atoms with Gasteiger partial charge < -0.3 is 20.7 Å². The van der Waals surface area contributed by atoms with Gasteiger partial charge in [-0.2, -0.15) is 0 Å². The summed E-state index contributed by atoms with van der Waals surface area (Å²) in [5.74, 6) is -1.75. The largest absolute Gasteiger partial charge is 0.475 e. The molecule has 9 heteroatoms. The van der Waals surface area contributed by atoms with E-state index >= 15 is 0 Å². The molecule has 30 heavy (non-hydrogen) atoms. The number of rotatable bonds is 8. The van der Waals surface area contributed by atoms with Crippen molar-refractivity contribution in [1.82, 2.24) is 20.6 Å². The summed E-state index contributed by atoms with van der Waals surface area (Å²) in [6, 6.07) is 8.43. The SMILES string of the molecule is O=C(N[C@@H](Cc1ccccc1)C(=O)N[C@H](B(O)O)C1CCCCC1)c1cnccn1. The summed E-state index contributed by atoms with van der Waals surface area (Å²) in [6.45, 7) is 0. The van der Waals surface area contributed by atoms with E-state index in [1.54, 1.807) is 0 Å². The minimum Gasteiger partial charge on any atom is -0.426 e. The third-order valence-electron chi connectivity index (χ3n) is 5.49. The first kappa shape index (κ1) is 21.9. The lowest BCUT2D eigenvalue weighted by Gasteiger charge is -2.31. The van der Waals surface area contributed by atoms with Gasteiger partial charge in [0.2, 0.25) is 5.91 Å². The number of aromatic nitrogens is 2. The van der Waals surface area contributed by atoms with E-state index in [0.29, 0.717) is 0 Å². The second-order valence-corrected chi connectivity index (χ2v) is 7.65. The lowest BCUT2D eigenvalue weighted by Crippen LogP contribution is -2.57. The molecule has 2 atom stereocenters. The molecule has 2 aromatic rings. The zero-order valence-electron chi connectivity index (χ0n) is 16.8. The highest BCUT2D eigenvalue weighted by atomic mass is 16.4. The first-order valence-electron chi connectivity index (χ1n) is 10.3. The molecule has 0 saturated heterocycles. The molecule has 2 amide bonds. The van der Waals surface area contributed by atoms with Gasteiger partial charge in [0.15, 0.2) is 0 Å². The zero-order valence-corrected chi connectivity index (χ0v) is 16.8. The van der Waals surface area contributed by atoms with E-state index in [1.165, 1.54) is 18.6 Å². The van der Waals surface area contributed by atoms with E-state index in [0.717, 1.165) is 37.7 Å². The van der Waals surface area contributed by atoms with E-state index in [9.17, 15) is 19.6 Å². The van der Waals surface area contributed by atoms with Crippen molar-refractivity contribution in [2.75, 3.05) is 0 Å². The lowest BCUT2D eigenvalue weighted by atomic mass is 9.67. The minimum absolute atomic E-state index is 0.00392. The molecule has 4 N–H and O–H groups in total. The highest BCUT2D eigenvalue weighted by molar-refractivity contribution is 6.43. The van der Waals surface area contributed by atoms with Crippen molar-refractivity contribution in [2.24, 2.45) is 5.92 Å². The Morgan fingerprint density at radius 3 is 2.43 bits per heavy atom. The molecule has 1 aromatic carbocycles. The smallest absolute Gasteiger partial charge is 0.426 e. The van der Waals surface area contributed by atoms with Gasteiger partial charge in [0.25, 0.3) is 5.91 Å². The summed E-state index contributed by atoms with van der Waals surface area (Å²) in [4.78, 5) is 33.5. The van der Waals surface area contributed by atoms with E-state index in [1.807, 2.05) is 30.3 Å². The predicted octanol–water partition coefficient (Wildman–Crippen LogP) is 0.895. The maximum atomic E-state index is 13.1. The van der Waals surface area contributed by atoms with Gasteiger partial charge in [0.05, 0.1) is 12.1 Å². The molecule has 1 heterocycles. The minimum atomic E-state index is -1.66. The second kappa shape index (κ2) is 10.8. The number of nitrogens with zero attached hydrogens (tertiary/aromatic N) is 2. The van der Waals surface area contributed by atoms with Crippen LogP contribution in [0.3, 0.4) is 0 Å². The summed E-state index contributed by atoms with van der Waals surface area (Å²) in [5, 5.41) is 25.2. The number of hydrogen-bond donors (Lipinski definition) is 4. The molecule has 1 aliphatic carbocycles. The average Bonchev–Trinajstić information content (AvgIpc) is 2.78. The molecule has 0 bridgehead atoms. The quantitative estimate of drug-likeness (QED) is 0.480. The molecule has 0 spiro atoms. The van der Waals surface area contributed by atoms with Crippen molar-refractivity contribution >= 4 is 18.9 Å². The van der Waals surface area contributed by atoms with Crippen molar-refractivity contribution in [3.05, 3.63) is 60.2 Å². The van der Waals surface area contributed by atoms with Crippen LogP contribution in [0.5, 0.6) is 0 Å². The van der Waals surface area contributed by atoms with E-state index in [4.69, 9.17) is 0 Å². The monoisotopic (exact) mass is 410 g/mol. The molecule has 158 valence electrons. The van der Waals surface area contributed by atoms with Crippen LogP contribution in [-0.2, 0) is 11.2 Å². The van der Waals surface area contributed by atoms with Crippen LogP contribution < -0.4 is 10.6 Å². The summed E-state index contributed by atoms with van der Waals surface area (Å²) >= 11 is 0. The van der Waals surface area contributed by atoms with Crippen LogP contribution >= 0.6 is 0 Å². The van der Waals surface area contributed by atoms with Crippen molar-refractivity contribution in [3.63, 3.8) is 0 Å². The number of hydrogen-bond acceptors (Lipinski definition) is 6. The van der Waals surface area contributed by atoms with E-state index in [2.05, 4.69) is 20.6 Å². The summed E-state index contributed by atoms with van der Waals surface area (Å²) < 4.78 is 0. The predicted molar refractivity (Wildman–Crippen MR) is 112 cm³/mol. The van der Waals surface area contributed by atoms with Crippen molar-refractivity contribution in [3.8, 4) is 0 Å². The van der Waals surface area contributed by atoms with Gasteiger partial charge >= 0.3 is 7.12 Å². The Hall–Kier alpha value is -2.78. The molecular formula is C21H27BN4O4. The summed E-state index contributed by atoms with van der Waals surface area (Å²) in [5.41, 5.74) is 0.977. The lowest BCUT2D eigenvalue weighted by molar-refractivity contribution is -0.123. The van der Waals surface area contributed by atoms with Crippen LogP contribution in [0.2, 0.25) is 0 Å². The second-order valence-electron chi connectivity index (χ2n) is 7.65. The maximum Gasteiger partial charge on any atom is 0.475 e. The van der Waals surface area contributed by atoms with Gasteiger partial charge in [-0.05, 0) is 24.3 Å². The van der Waals surface area contributed by atoms with Crippen LogP contribution in [-0.4, -0.2) is 50.9 Å². The van der Waals surface area contributed by atoms with Gasteiger partial charge in [-0.15, -0.1) is 0 Å². The Balaban J connectivity index is 1.75. The van der Waals surface area contributed by atoms with Gasteiger partial charge in [0, 0.05) is 18.8 Å². The fourth-order valence-corrected chi connectivity index (χ4v) is 3.90. The first-order chi connectivity index (χ1) is 14.5. The summed E-state index contributed by atoms with van der Waals surface area (Å²) in [7, 11) is -1.66. The van der Waals surface area contributed by atoms with Crippen LogP contribution in [0.4, 0.5) is 0 Å². The van der Waals surface area contributed by atoms with Gasteiger partial charge in [0.1, 0.15) is 11.7 Å². The fraction of sp³-hybridized carbons (Fsp3) is 0.429. The van der Waals surface area contributed by atoms with Crippen molar-refractivity contribution < 1.29 is 19.6 Å². The third-order valence-corrected chi connectivity index (χ3v) is 5.49. The number of amides is 2. The standard InChI is InChI=1S/C21H27BN4O4/c27-20(26-19(22(29)30)16-9-5-2-6-10-16)17(13-15-7-3-1-4-8-15)25-21(28)18-14-23-11-12-24-18/h1,3-4,7-8,11-12,14,16-17,19,29-30H,2,5-6,9-10,13H2,(H,25,28)(H,26,27)/t17-,19-/m0/s1. The number of carbonyl (C=O) groups is 2. The Labute approximate surface area is 176 Å². The number of benzene rings is 1. The van der Waals surface area contributed by atoms with Gasteiger partial charge in [-0.25, -0.2) is 4.98 Å². The highest BCUT2D eigenvalue weighted by Gasteiger charge is 2.35. The Morgan fingerprint density at radius 2 is 1.80 bits per heavy atom. The van der Waals surface area contributed by atoms with Crippen LogP contribution in [0, 0.1) is 5.92 Å². The van der Waals surface area contributed by atoms with E-state index in [-0.39, 0.29) is 18.0 Å². The first-order valence-corrected chi connectivity index (χ1v) is 10.3. The molecule has 3 rings (SSSR count). The normalized spacial score (nSPS) is 16.3. The topological polar surface area (TPSA) is 124 Å². The molecule has 0 unspecified atom stereocenters. The Morgan fingerprint density at radius 1 is 1.07 bits per heavy atom. The molecule has 0 radical (unpaired) electrons. The maximum absolute atomic E-state index is 13.1. The van der Waals surface area contributed by atoms with Crippen LogP contribution in [0.1, 0.15) is 48.2 Å². The van der Waals surface area contributed by atoms with Crippen molar-refractivity contribution in [2.45, 2.75) is 50.5 Å². The molecular weight excluding hydrogens is 383 g/mol. The molecule has 1 fully saturated rings. The average molecular weight is 410 g/mol. The van der Waals surface area contributed by atoms with Gasteiger partial charge in [-0.1, -0.05) is 49.6 Å². The van der Waals surface area contributed by atoms with Crippen LogP contribution in [0.15, 0.2) is 48.9 Å². The Bertz CT molecular complexity index is 816.